The average Bonchev–Trinajstić information content (AvgIpc) is 3.46. The van der Waals surface area contributed by atoms with Crippen LogP contribution in [0.2, 0.25) is 10.0 Å². The van der Waals surface area contributed by atoms with Gasteiger partial charge in [0, 0.05) is 27.7 Å². The third-order valence-electron chi connectivity index (χ3n) is 6.95. The summed E-state index contributed by atoms with van der Waals surface area (Å²) in [5.74, 6) is 0.994. The summed E-state index contributed by atoms with van der Waals surface area (Å²) in [6.45, 7) is 4.77. The molecule has 4 aromatic rings. The van der Waals surface area contributed by atoms with Crippen molar-refractivity contribution in [2.45, 2.75) is 39.3 Å². The Kier molecular flexibility index (Phi) is 7.73. The number of aromatic hydroxyl groups is 1. The fraction of sp³-hybridized carbons (Fsp3) is 0.267. The molecule has 1 aliphatic rings. The number of nitrogens with zero attached hydrogens (tertiary/aromatic N) is 2. The van der Waals surface area contributed by atoms with Crippen LogP contribution in [0.5, 0.6) is 17.2 Å². The van der Waals surface area contributed by atoms with Crippen LogP contribution >= 0.6 is 23.2 Å². The lowest BCUT2D eigenvalue weighted by atomic mass is 9.94. The van der Waals surface area contributed by atoms with Crippen LogP contribution in [0, 0.1) is 6.92 Å². The highest BCUT2D eigenvalue weighted by atomic mass is 35.5. The number of unbranched alkanes of at least 4 members (excludes halogenated alkanes) is 1. The van der Waals surface area contributed by atoms with Gasteiger partial charge < -0.3 is 19.5 Å². The van der Waals surface area contributed by atoms with Crippen LogP contribution in [-0.2, 0) is 6.54 Å². The Labute approximate surface area is 237 Å². The monoisotopic (exact) mass is 565 g/mol. The lowest BCUT2D eigenvalue weighted by Crippen LogP contribution is -2.29. The number of H-pyrrole nitrogens is 1. The van der Waals surface area contributed by atoms with E-state index in [1.54, 1.807) is 30.2 Å². The van der Waals surface area contributed by atoms with Crippen molar-refractivity contribution in [3.8, 4) is 28.5 Å². The summed E-state index contributed by atoms with van der Waals surface area (Å²) in [6.07, 6.45) is 1.95. The van der Waals surface area contributed by atoms with Crippen molar-refractivity contribution < 1.29 is 19.4 Å². The normalized spacial score (nSPS) is 14.5. The number of phenols is 1. The first kappa shape index (κ1) is 26.9. The maximum atomic E-state index is 13.8. The van der Waals surface area contributed by atoms with E-state index in [0.717, 1.165) is 29.5 Å². The van der Waals surface area contributed by atoms with E-state index in [-0.39, 0.29) is 18.2 Å². The van der Waals surface area contributed by atoms with Gasteiger partial charge in [0.15, 0.2) is 11.5 Å². The van der Waals surface area contributed by atoms with E-state index in [2.05, 4.69) is 17.1 Å². The molecule has 0 saturated heterocycles. The molecule has 1 amide bonds. The van der Waals surface area contributed by atoms with Gasteiger partial charge in [0.05, 0.1) is 19.8 Å². The van der Waals surface area contributed by atoms with Gasteiger partial charge in [-0.05, 0) is 60.4 Å². The number of hydrogen-bond acceptors (Lipinski definition) is 5. The van der Waals surface area contributed by atoms with Crippen molar-refractivity contribution >= 4 is 29.1 Å². The molecule has 39 heavy (non-hydrogen) atoms. The summed E-state index contributed by atoms with van der Waals surface area (Å²) >= 11 is 12.9. The molecule has 1 aromatic heterocycles. The van der Waals surface area contributed by atoms with Gasteiger partial charge in [-0.15, -0.1) is 0 Å². The Morgan fingerprint density at radius 2 is 1.87 bits per heavy atom. The number of carbonyl (C=O) groups excluding carboxylic acids is 1. The number of aromatic nitrogens is 2. The SMILES string of the molecule is CCCCOc1ccc(C2c3c(-c4cc(Cl)c(C)cc4O)n[nH]c3C(=O)N2Cc2ccccc2Cl)cc1OC. The fourth-order valence-corrected chi connectivity index (χ4v) is 5.24. The minimum atomic E-state index is -0.546. The summed E-state index contributed by atoms with van der Waals surface area (Å²) in [6, 6.07) is 15.8. The van der Waals surface area contributed by atoms with Gasteiger partial charge in [-0.2, -0.15) is 5.10 Å². The number of halogens is 2. The number of ether oxygens (including phenoxy) is 2. The number of fused-ring (bicyclic) bond motifs is 1. The summed E-state index contributed by atoms with van der Waals surface area (Å²) < 4.78 is 11.6. The molecule has 3 aromatic carbocycles. The summed E-state index contributed by atoms with van der Waals surface area (Å²) in [5, 5.41) is 19.3. The largest absolute Gasteiger partial charge is 0.507 e. The second kappa shape index (κ2) is 11.2. The van der Waals surface area contributed by atoms with Gasteiger partial charge in [0.2, 0.25) is 0 Å². The quantitative estimate of drug-likeness (QED) is 0.207. The first-order valence-electron chi connectivity index (χ1n) is 12.8. The van der Waals surface area contributed by atoms with E-state index < -0.39 is 6.04 Å². The number of aromatic amines is 1. The molecule has 0 radical (unpaired) electrons. The number of hydrogen-bond donors (Lipinski definition) is 2. The maximum Gasteiger partial charge on any atom is 0.273 e. The van der Waals surface area contributed by atoms with Gasteiger partial charge in [-0.3, -0.25) is 9.89 Å². The van der Waals surface area contributed by atoms with Crippen LogP contribution in [0.15, 0.2) is 54.6 Å². The minimum absolute atomic E-state index is 0.0270. The van der Waals surface area contributed by atoms with E-state index in [9.17, 15) is 9.90 Å². The number of carbonyl (C=O) groups is 1. The molecule has 1 aliphatic heterocycles. The molecular formula is C30H29Cl2N3O4. The maximum absolute atomic E-state index is 13.8. The molecule has 0 spiro atoms. The summed E-state index contributed by atoms with van der Waals surface area (Å²) in [7, 11) is 1.59. The highest BCUT2D eigenvalue weighted by Gasteiger charge is 2.43. The summed E-state index contributed by atoms with van der Waals surface area (Å²) in [4.78, 5) is 15.6. The first-order chi connectivity index (χ1) is 18.8. The number of aryl methyl sites for hydroxylation is 1. The minimum Gasteiger partial charge on any atom is -0.507 e. The van der Waals surface area contributed by atoms with Crippen LogP contribution in [0.4, 0.5) is 0 Å². The third kappa shape index (κ3) is 5.04. The molecule has 0 bridgehead atoms. The van der Waals surface area contributed by atoms with Crippen LogP contribution in [0.3, 0.4) is 0 Å². The molecule has 1 unspecified atom stereocenters. The number of nitrogens with one attached hydrogen (secondary N) is 1. The predicted octanol–water partition coefficient (Wildman–Crippen LogP) is 7.33. The van der Waals surface area contributed by atoms with E-state index in [1.165, 1.54) is 0 Å². The topological polar surface area (TPSA) is 87.7 Å². The third-order valence-corrected chi connectivity index (χ3v) is 7.73. The second-order valence-electron chi connectivity index (χ2n) is 9.52. The van der Waals surface area contributed by atoms with Crippen molar-refractivity contribution in [2.75, 3.05) is 13.7 Å². The fourth-order valence-electron chi connectivity index (χ4n) is 4.88. The standard InChI is InChI=1S/C30H29Cl2N3O4/c1-4-5-12-39-24-11-10-18(14-25(24)38-3)29-26-27(20-15-22(32)17(2)13-23(20)36)33-34-28(26)30(37)35(29)16-19-8-6-7-9-21(19)31/h6-11,13-15,29,36H,4-5,12,16H2,1-3H3,(H,33,34). The Bertz CT molecular complexity index is 1530. The number of benzene rings is 3. The smallest absolute Gasteiger partial charge is 0.273 e. The lowest BCUT2D eigenvalue weighted by Gasteiger charge is -2.27. The van der Waals surface area contributed by atoms with Gasteiger partial charge >= 0.3 is 0 Å². The number of amides is 1. The Hall–Kier alpha value is -3.68. The number of rotatable bonds is 9. The molecule has 1 atom stereocenters. The van der Waals surface area contributed by atoms with Gasteiger partial charge in [0.25, 0.3) is 5.91 Å². The van der Waals surface area contributed by atoms with Gasteiger partial charge in [-0.1, -0.05) is 60.8 Å². The van der Waals surface area contributed by atoms with Crippen molar-refractivity contribution in [3.63, 3.8) is 0 Å². The van der Waals surface area contributed by atoms with Gasteiger partial charge in [-0.25, -0.2) is 0 Å². The highest BCUT2D eigenvalue weighted by molar-refractivity contribution is 6.32. The second-order valence-corrected chi connectivity index (χ2v) is 10.3. The number of methoxy groups -OCH3 is 1. The molecule has 9 heteroatoms. The zero-order valence-electron chi connectivity index (χ0n) is 21.9. The molecule has 0 aliphatic carbocycles. The zero-order chi connectivity index (χ0) is 27.7. The van der Waals surface area contributed by atoms with E-state index in [4.69, 9.17) is 32.7 Å². The molecular weight excluding hydrogens is 537 g/mol. The van der Waals surface area contributed by atoms with Crippen molar-refractivity contribution in [2.24, 2.45) is 0 Å². The van der Waals surface area contributed by atoms with E-state index in [1.807, 2.05) is 43.3 Å². The van der Waals surface area contributed by atoms with Crippen LogP contribution in [0.25, 0.3) is 11.3 Å². The molecule has 5 rings (SSSR count). The van der Waals surface area contributed by atoms with Crippen LogP contribution in [-0.4, -0.2) is 39.8 Å². The lowest BCUT2D eigenvalue weighted by molar-refractivity contribution is 0.0730. The molecule has 0 fully saturated rings. The van der Waals surface area contributed by atoms with Crippen molar-refractivity contribution in [3.05, 3.63) is 92.6 Å². The van der Waals surface area contributed by atoms with E-state index >= 15 is 0 Å². The Balaban J connectivity index is 1.65. The average molecular weight is 566 g/mol. The molecule has 2 heterocycles. The van der Waals surface area contributed by atoms with Crippen molar-refractivity contribution in [1.29, 1.82) is 0 Å². The Morgan fingerprint density at radius 3 is 2.62 bits per heavy atom. The molecule has 0 saturated carbocycles. The predicted molar refractivity (Wildman–Crippen MR) is 152 cm³/mol. The molecule has 202 valence electrons. The highest BCUT2D eigenvalue weighted by Crippen LogP contribution is 2.47. The number of phenolic OH excluding ortho intramolecular Hbond substituents is 1. The molecule has 2 N–H and O–H groups in total. The van der Waals surface area contributed by atoms with Crippen molar-refractivity contribution in [1.82, 2.24) is 15.1 Å². The van der Waals surface area contributed by atoms with Crippen LogP contribution in [0.1, 0.15) is 58.5 Å². The van der Waals surface area contributed by atoms with Gasteiger partial charge in [0.1, 0.15) is 17.1 Å². The van der Waals surface area contributed by atoms with E-state index in [0.29, 0.717) is 50.7 Å². The first-order valence-corrected chi connectivity index (χ1v) is 13.5. The summed E-state index contributed by atoms with van der Waals surface area (Å²) in [5.41, 5.74) is 4.23. The molecule has 7 nitrogen and oxygen atoms in total. The van der Waals surface area contributed by atoms with Crippen LogP contribution < -0.4 is 9.47 Å². The zero-order valence-corrected chi connectivity index (χ0v) is 23.4. The Morgan fingerprint density at radius 1 is 1.08 bits per heavy atom.